The van der Waals surface area contributed by atoms with Crippen LogP contribution in [0.15, 0.2) is 42.0 Å². The van der Waals surface area contributed by atoms with Gasteiger partial charge in [0, 0.05) is 44.3 Å². The fraction of sp³-hybridized carbons (Fsp3) is 0.522. The minimum Gasteiger partial charge on any atom is -0.371 e. The van der Waals surface area contributed by atoms with Crippen LogP contribution in [0.25, 0.3) is 0 Å². The van der Waals surface area contributed by atoms with Gasteiger partial charge >= 0.3 is 0 Å². The molecule has 0 bridgehead atoms. The summed E-state index contributed by atoms with van der Waals surface area (Å²) in [6.45, 7) is 2.89. The number of nitrogens with zero attached hydrogens (tertiary/aromatic N) is 3. The number of amides is 2. The average molecular weight is 427 g/mol. The first-order chi connectivity index (χ1) is 14.6. The normalized spacial score (nSPS) is 23.9. The smallest absolute Gasteiger partial charge is 0.263 e. The van der Waals surface area contributed by atoms with E-state index in [1.165, 1.54) is 17.0 Å². The number of benzene rings is 1. The average Bonchev–Trinajstić information content (AvgIpc) is 3.47. The molecule has 1 N–H and O–H groups in total. The summed E-state index contributed by atoms with van der Waals surface area (Å²) in [5.74, 6) is 0.821. The van der Waals surface area contributed by atoms with Gasteiger partial charge in [-0.25, -0.2) is 0 Å². The number of hydrogen-bond donors (Lipinski definition) is 1. The fourth-order valence-corrected chi connectivity index (χ4v) is 5.24. The van der Waals surface area contributed by atoms with Crippen LogP contribution in [0.2, 0.25) is 0 Å². The maximum Gasteiger partial charge on any atom is 0.263 e. The summed E-state index contributed by atoms with van der Waals surface area (Å²) in [4.78, 5) is 34.1. The molecule has 1 aromatic carbocycles. The van der Waals surface area contributed by atoms with E-state index in [0.717, 1.165) is 51.7 Å². The van der Waals surface area contributed by atoms with Gasteiger partial charge in [-0.05, 0) is 50.2 Å². The lowest BCUT2D eigenvalue weighted by atomic mass is 9.85. The van der Waals surface area contributed by atoms with Crippen LogP contribution >= 0.6 is 11.3 Å². The monoisotopic (exact) mass is 426 g/mol. The van der Waals surface area contributed by atoms with Crippen LogP contribution in [0.4, 0.5) is 5.69 Å². The Bertz CT molecular complexity index is 834. The number of aromatic nitrogens is 1. The van der Waals surface area contributed by atoms with Crippen LogP contribution in [0.3, 0.4) is 0 Å². The lowest BCUT2D eigenvalue weighted by molar-refractivity contribution is -0.135. The third kappa shape index (κ3) is 5.01. The molecule has 1 saturated carbocycles. The number of thiazole rings is 1. The second-order valence-corrected chi connectivity index (χ2v) is 9.43. The van der Waals surface area contributed by atoms with E-state index in [1.807, 2.05) is 18.0 Å². The minimum absolute atomic E-state index is 0.0476. The van der Waals surface area contributed by atoms with Gasteiger partial charge in [0.25, 0.3) is 5.91 Å². The molecule has 1 aliphatic heterocycles. The van der Waals surface area contributed by atoms with E-state index in [0.29, 0.717) is 10.8 Å². The Labute approximate surface area is 182 Å². The van der Waals surface area contributed by atoms with Gasteiger partial charge in [0.1, 0.15) is 4.88 Å². The third-order valence-electron chi connectivity index (χ3n) is 6.38. The van der Waals surface area contributed by atoms with Gasteiger partial charge in [0.05, 0.1) is 11.7 Å². The topological polar surface area (TPSA) is 65.5 Å². The Hall–Kier alpha value is -2.41. The van der Waals surface area contributed by atoms with Crippen LogP contribution in [-0.2, 0) is 4.79 Å². The highest BCUT2D eigenvalue weighted by atomic mass is 32.1. The predicted octanol–water partition coefficient (Wildman–Crippen LogP) is 3.42. The van der Waals surface area contributed by atoms with Crippen LogP contribution in [0.5, 0.6) is 0 Å². The highest BCUT2D eigenvalue weighted by molar-refractivity contribution is 7.11. The van der Waals surface area contributed by atoms with Crippen LogP contribution in [-0.4, -0.2) is 54.4 Å². The standard InChI is InChI=1S/C23H30N4O2S/c1-26(14-17-11-12-27(15-17)20-5-3-2-4-6-20)23(29)18-7-9-19(10-8-18)25-22(28)21-13-24-16-30-21/h2-6,13,16-19H,7-12,14-15H2,1H3,(H,25,28). The van der Waals surface area contributed by atoms with E-state index >= 15 is 0 Å². The van der Waals surface area contributed by atoms with Crippen molar-refractivity contribution in [2.24, 2.45) is 11.8 Å². The Morgan fingerprint density at radius 2 is 1.93 bits per heavy atom. The molecule has 2 aliphatic rings. The number of rotatable bonds is 6. The van der Waals surface area contributed by atoms with Crippen molar-refractivity contribution in [1.82, 2.24) is 15.2 Å². The number of para-hydroxylation sites is 1. The molecule has 4 rings (SSSR count). The molecular formula is C23H30N4O2S. The van der Waals surface area contributed by atoms with Crippen molar-refractivity contribution < 1.29 is 9.59 Å². The maximum atomic E-state index is 13.0. The van der Waals surface area contributed by atoms with Crippen LogP contribution in [0.1, 0.15) is 41.8 Å². The van der Waals surface area contributed by atoms with Gasteiger partial charge in [-0.3, -0.25) is 14.6 Å². The van der Waals surface area contributed by atoms with Crippen molar-refractivity contribution in [3.05, 3.63) is 46.9 Å². The summed E-state index contributed by atoms with van der Waals surface area (Å²) in [5, 5.41) is 3.09. The molecule has 1 saturated heterocycles. The molecule has 1 atom stereocenters. The van der Waals surface area contributed by atoms with E-state index in [-0.39, 0.29) is 23.8 Å². The number of carbonyl (C=O) groups is 2. The summed E-state index contributed by atoms with van der Waals surface area (Å²) in [5.41, 5.74) is 2.94. The summed E-state index contributed by atoms with van der Waals surface area (Å²) < 4.78 is 0. The Balaban J connectivity index is 1.21. The van der Waals surface area contributed by atoms with Crippen molar-refractivity contribution in [3.8, 4) is 0 Å². The van der Waals surface area contributed by atoms with Crippen molar-refractivity contribution in [2.75, 3.05) is 31.6 Å². The lowest BCUT2D eigenvalue weighted by Crippen LogP contribution is -2.42. The van der Waals surface area contributed by atoms with Crippen molar-refractivity contribution in [3.63, 3.8) is 0 Å². The van der Waals surface area contributed by atoms with Gasteiger partial charge in [-0.1, -0.05) is 18.2 Å². The molecule has 1 aromatic heterocycles. The second kappa shape index (κ2) is 9.60. The summed E-state index contributed by atoms with van der Waals surface area (Å²) in [6.07, 6.45) is 6.14. The van der Waals surface area contributed by atoms with E-state index in [1.54, 1.807) is 11.7 Å². The lowest BCUT2D eigenvalue weighted by Gasteiger charge is -2.31. The van der Waals surface area contributed by atoms with Crippen molar-refractivity contribution >= 4 is 28.8 Å². The Morgan fingerprint density at radius 3 is 2.63 bits per heavy atom. The fourth-order valence-electron chi connectivity index (χ4n) is 4.71. The van der Waals surface area contributed by atoms with E-state index < -0.39 is 0 Å². The van der Waals surface area contributed by atoms with Gasteiger partial charge in [0.15, 0.2) is 0 Å². The van der Waals surface area contributed by atoms with Crippen molar-refractivity contribution in [1.29, 1.82) is 0 Å². The molecule has 0 spiro atoms. The molecule has 7 heteroatoms. The predicted molar refractivity (Wildman–Crippen MR) is 120 cm³/mol. The quantitative estimate of drug-likeness (QED) is 0.769. The number of anilines is 1. The van der Waals surface area contributed by atoms with Gasteiger partial charge in [-0.15, -0.1) is 11.3 Å². The van der Waals surface area contributed by atoms with Gasteiger partial charge in [-0.2, -0.15) is 0 Å². The zero-order chi connectivity index (χ0) is 20.9. The molecule has 6 nitrogen and oxygen atoms in total. The zero-order valence-electron chi connectivity index (χ0n) is 17.5. The summed E-state index contributed by atoms with van der Waals surface area (Å²) in [7, 11) is 1.95. The largest absolute Gasteiger partial charge is 0.371 e. The van der Waals surface area contributed by atoms with Gasteiger partial charge in [0.2, 0.25) is 5.91 Å². The summed E-state index contributed by atoms with van der Waals surface area (Å²) in [6, 6.07) is 10.7. The highest BCUT2D eigenvalue weighted by Gasteiger charge is 2.31. The molecule has 30 heavy (non-hydrogen) atoms. The molecule has 160 valence electrons. The molecule has 1 aliphatic carbocycles. The molecule has 2 amide bonds. The second-order valence-electron chi connectivity index (χ2n) is 8.54. The molecular weight excluding hydrogens is 396 g/mol. The SMILES string of the molecule is CN(CC1CCN(c2ccccc2)C1)C(=O)C1CCC(NC(=O)c2cncs2)CC1. The number of carbonyl (C=O) groups excluding carboxylic acids is 2. The van der Waals surface area contributed by atoms with Crippen LogP contribution < -0.4 is 10.2 Å². The maximum absolute atomic E-state index is 13.0. The van der Waals surface area contributed by atoms with E-state index in [9.17, 15) is 9.59 Å². The van der Waals surface area contributed by atoms with Crippen LogP contribution in [0, 0.1) is 11.8 Å². The first-order valence-corrected chi connectivity index (χ1v) is 11.7. The number of hydrogen-bond acceptors (Lipinski definition) is 5. The molecule has 2 aromatic rings. The van der Waals surface area contributed by atoms with E-state index in [4.69, 9.17) is 0 Å². The zero-order valence-corrected chi connectivity index (χ0v) is 18.3. The third-order valence-corrected chi connectivity index (χ3v) is 7.16. The molecule has 2 fully saturated rings. The molecule has 1 unspecified atom stereocenters. The van der Waals surface area contributed by atoms with Crippen molar-refractivity contribution in [2.45, 2.75) is 38.1 Å². The highest BCUT2D eigenvalue weighted by Crippen LogP contribution is 2.28. The molecule has 2 heterocycles. The number of nitrogens with one attached hydrogen (secondary N) is 1. The Morgan fingerprint density at radius 1 is 1.17 bits per heavy atom. The van der Waals surface area contributed by atoms with Gasteiger partial charge < -0.3 is 15.1 Å². The first-order valence-electron chi connectivity index (χ1n) is 10.8. The minimum atomic E-state index is -0.0476. The van der Waals surface area contributed by atoms with E-state index in [2.05, 4.69) is 39.5 Å². The Kier molecular flexibility index (Phi) is 6.67. The molecule has 0 radical (unpaired) electrons. The summed E-state index contributed by atoms with van der Waals surface area (Å²) >= 11 is 1.36. The first kappa shape index (κ1) is 20.8.